The third kappa shape index (κ3) is 1.58. The molecule has 0 radical (unpaired) electrons. The zero-order valence-electron chi connectivity index (χ0n) is 7.24. The van der Waals surface area contributed by atoms with Crippen molar-refractivity contribution in [1.82, 2.24) is 4.98 Å². The number of anilines is 1. The van der Waals surface area contributed by atoms with Crippen molar-refractivity contribution >= 4 is 12.0 Å². The van der Waals surface area contributed by atoms with Crippen LogP contribution < -0.4 is 11.5 Å². The summed E-state index contributed by atoms with van der Waals surface area (Å²) in [5, 5.41) is 0. The van der Waals surface area contributed by atoms with Crippen molar-refractivity contribution in [2.24, 2.45) is 5.73 Å². The van der Waals surface area contributed by atoms with Crippen LogP contribution in [0.25, 0.3) is 6.08 Å². The van der Waals surface area contributed by atoms with Crippen LogP contribution in [0.1, 0.15) is 31.4 Å². The van der Waals surface area contributed by atoms with E-state index in [-0.39, 0.29) is 5.92 Å². The number of rotatable bonds is 2. The Kier molecular flexibility index (Phi) is 2.38. The predicted molar refractivity (Wildman–Crippen MR) is 48.2 cm³/mol. The second-order valence-corrected chi connectivity index (χ2v) is 2.82. The highest BCUT2D eigenvalue weighted by atomic mass is 16.4. The Hall–Kier alpha value is -1.45. The molecule has 1 aromatic heterocycles. The van der Waals surface area contributed by atoms with E-state index in [0.717, 1.165) is 0 Å². The number of oxazole rings is 1. The topological polar surface area (TPSA) is 78.1 Å². The van der Waals surface area contributed by atoms with Crippen molar-refractivity contribution < 1.29 is 4.42 Å². The fourth-order valence-electron chi connectivity index (χ4n) is 0.819. The average Bonchev–Trinajstić information content (AvgIpc) is 2.34. The Morgan fingerprint density at radius 1 is 1.50 bits per heavy atom. The van der Waals surface area contributed by atoms with Crippen molar-refractivity contribution in [2.45, 2.75) is 19.8 Å². The van der Waals surface area contributed by atoms with Gasteiger partial charge in [-0.2, -0.15) is 0 Å². The number of nitrogen functional groups attached to an aromatic ring is 1. The molecular weight excluding hydrogens is 154 g/mol. The van der Waals surface area contributed by atoms with Crippen molar-refractivity contribution in [3.8, 4) is 0 Å². The van der Waals surface area contributed by atoms with Crippen molar-refractivity contribution in [3.05, 3.63) is 17.8 Å². The van der Waals surface area contributed by atoms with Crippen LogP contribution in [0, 0.1) is 0 Å². The van der Waals surface area contributed by atoms with Gasteiger partial charge in [0.1, 0.15) is 5.69 Å². The maximum absolute atomic E-state index is 5.53. The van der Waals surface area contributed by atoms with Crippen LogP contribution in [0.3, 0.4) is 0 Å². The van der Waals surface area contributed by atoms with E-state index in [1.54, 1.807) is 6.08 Å². The van der Waals surface area contributed by atoms with E-state index < -0.39 is 0 Å². The second-order valence-electron chi connectivity index (χ2n) is 2.82. The number of hydrogen-bond acceptors (Lipinski definition) is 4. The predicted octanol–water partition coefficient (Wildman–Crippen LogP) is 1.31. The summed E-state index contributed by atoms with van der Waals surface area (Å²) in [6.45, 7) is 3.97. The van der Waals surface area contributed by atoms with Crippen LogP contribution in [0.4, 0.5) is 5.88 Å². The van der Waals surface area contributed by atoms with Crippen molar-refractivity contribution in [3.63, 3.8) is 0 Å². The molecule has 66 valence electrons. The summed E-state index contributed by atoms with van der Waals surface area (Å²) in [5.41, 5.74) is 11.3. The fourth-order valence-corrected chi connectivity index (χ4v) is 0.819. The first-order valence-corrected chi connectivity index (χ1v) is 3.79. The first-order valence-electron chi connectivity index (χ1n) is 3.79. The van der Waals surface area contributed by atoms with Gasteiger partial charge in [0.05, 0.1) is 0 Å². The fraction of sp³-hybridized carbons (Fsp3) is 0.375. The molecule has 0 bridgehead atoms. The van der Waals surface area contributed by atoms with E-state index in [4.69, 9.17) is 15.9 Å². The Morgan fingerprint density at radius 2 is 2.17 bits per heavy atom. The number of nitrogens with zero attached hydrogens (tertiary/aromatic N) is 1. The summed E-state index contributed by atoms with van der Waals surface area (Å²) in [5.74, 6) is 1.20. The van der Waals surface area contributed by atoms with Gasteiger partial charge < -0.3 is 15.9 Å². The highest BCUT2D eigenvalue weighted by Gasteiger charge is 2.10. The minimum absolute atomic E-state index is 0.243. The number of nitrogens with two attached hydrogens (primary N) is 2. The largest absolute Gasteiger partial charge is 0.425 e. The summed E-state index contributed by atoms with van der Waals surface area (Å²) in [7, 11) is 0. The normalized spacial score (nSPS) is 11.6. The quantitative estimate of drug-likeness (QED) is 0.696. The molecule has 0 unspecified atom stereocenters. The van der Waals surface area contributed by atoms with Gasteiger partial charge in [0.15, 0.2) is 5.89 Å². The highest BCUT2D eigenvalue weighted by Crippen LogP contribution is 2.20. The third-order valence-corrected chi connectivity index (χ3v) is 1.45. The molecule has 0 amide bonds. The number of aromatic nitrogens is 1. The molecule has 0 aromatic carbocycles. The van der Waals surface area contributed by atoms with Gasteiger partial charge in [-0.25, -0.2) is 4.98 Å². The van der Waals surface area contributed by atoms with Crippen LogP contribution in [-0.4, -0.2) is 4.98 Å². The first kappa shape index (κ1) is 8.64. The lowest BCUT2D eigenvalue weighted by Gasteiger charge is -1.93. The summed E-state index contributed by atoms with van der Waals surface area (Å²) in [6, 6.07) is 0. The zero-order valence-corrected chi connectivity index (χ0v) is 7.24. The SMILES string of the molecule is CC(C)c1nc(/C=C\N)c(N)o1. The van der Waals surface area contributed by atoms with Crippen LogP contribution >= 0.6 is 0 Å². The first-order chi connectivity index (χ1) is 5.65. The summed E-state index contributed by atoms with van der Waals surface area (Å²) < 4.78 is 5.19. The molecule has 0 aliphatic heterocycles. The molecule has 4 heteroatoms. The standard InChI is InChI=1S/C8H13N3O/c1-5(2)8-11-6(3-4-9)7(10)12-8/h3-5H,9-10H2,1-2H3/b4-3-. The molecule has 4 N–H and O–H groups in total. The Labute approximate surface area is 71.3 Å². The minimum Gasteiger partial charge on any atom is -0.425 e. The molecule has 4 nitrogen and oxygen atoms in total. The smallest absolute Gasteiger partial charge is 0.218 e. The van der Waals surface area contributed by atoms with Gasteiger partial charge in [-0.3, -0.25) is 0 Å². The Balaban J connectivity index is 3.00. The molecule has 12 heavy (non-hydrogen) atoms. The van der Waals surface area contributed by atoms with E-state index in [1.165, 1.54) is 6.20 Å². The zero-order chi connectivity index (χ0) is 9.14. The second kappa shape index (κ2) is 3.30. The van der Waals surface area contributed by atoms with Gasteiger partial charge in [0, 0.05) is 5.92 Å². The maximum atomic E-state index is 5.53. The Bertz CT molecular complexity index is 288. The van der Waals surface area contributed by atoms with E-state index in [9.17, 15) is 0 Å². The molecule has 0 fully saturated rings. The minimum atomic E-state index is 0.243. The molecule has 1 aromatic rings. The van der Waals surface area contributed by atoms with Crippen molar-refractivity contribution in [1.29, 1.82) is 0 Å². The molecule has 1 rings (SSSR count). The van der Waals surface area contributed by atoms with E-state index in [0.29, 0.717) is 17.5 Å². The van der Waals surface area contributed by atoms with Gasteiger partial charge in [-0.1, -0.05) is 13.8 Å². The average molecular weight is 167 g/mol. The molecule has 1 heterocycles. The van der Waals surface area contributed by atoms with Gasteiger partial charge in [0.2, 0.25) is 5.88 Å². The molecule has 0 saturated heterocycles. The molecule has 0 saturated carbocycles. The van der Waals surface area contributed by atoms with Crippen LogP contribution in [0.15, 0.2) is 10.6 Å². The third-order valence-electron chi connectivity index (χ3n) is 1.45. The summed E-state index contributed by atoms with van der Waals surface area (Å²) in [4.78, 5) is 4.14. The lowest BCUT2D eigenvalue weighted by atomic mass is 10.2. The molecule has 0 spiro atoms. The lowest BCUT2D eigenvalue weighted by Crippen LogP contribution is -1.87. The van der Waals surface area contributed by atoms with Gasteiger partial charge in [0.25, 0.3) is 0 Å². The van der Waals surface area contributed by atoms with Crippen molar-refractivity contribution in [2.75, 3.05) is 5.73 Å². The molecule has 0 aliphatic carbocycles. The van der Waals surface area contributed by atoms with Gasteiger partial charge in [-0.15, -0.1) is 0 Å². The highest BCUT2D eigenvalue weighted by molar-refractivity contribution is 5.55. The lowest BCUT2D eigenvalue weighted by molar-refractivity contribution is 0.485. The molecule has 0 atom stereocenters. The number of hydrogen-bond donors (Lipinski definition) is 2. The summed E-state index contributed by atoms with van der Waals surface area (Å²) >= 11 is 0. The van der Waals surface area contributed by atoms with Gasteiger partial charge in [-0.05, 0) is 12.3 Å². The summed E-state index contributed by atoms with van der Waals surface area (Å²) in [6.07, 6.45) is 3.00. The van der Waals surface area contributed by atoms with E-state index in [2.05, 4.69) is 4.98 Å². The Morgan fingerprint density at radius 3 is 2.58 bits per heavy atom. The van der Waals surface area contributed by atoms with E-state index in [1.807, 2.05) is 13.8 Å². The molecule has 0 aliphatic rings. The maximum Gasteiger partial charge on any atom is 0.218 e. The van der Waals surface area contributed by atoms with Crippen LogP contribution in [0.2, 0.25) is 0 Å². The van der Waals surface area contributed by atoms with Crippen LogP contribution in [-0.2, 0) is 0 Å². The molecular formula is C8H13N3O. The van der Waals surface area contributed by atoms with Gasteiger partial charge >= 0.3 is 0 Å². The monoisotopic (exact) mass is 167 g/mol. The van der Waals surface area contributed by atoms with E-state index >= 15 is 0 Å². The van der Waals surface area contributed by atoms with Crippen LogP contribution in [0.5, 0.6) is 0 Å².